The summed E-state index contributed by atoms with van der Waals surface area (Å²) in [5, 5.41) is 2.70. The zero-order chi connectivity index (χ0) is 8.65. The van der Waals surface area contributed by atoms with Gasteiger partial charge in [0, 0.05) is 13.0 Å². The zero-order valence-corrected chi connectivity index (χ0v) is 7.77. The van der Waals surface area contributed by atoms with Crippen molar-refractivity contribution in [3.8, 4) is 0 Å². The first-order chi connectivity index (χ1) is 5.02. The summed E-state index contributed by atoms with van der Waals surface area (Å²) >= 11 is 0. The largest absolute Gasteiger partial charge is 0.359 e. The molecule has 0 aromatic heterocycles. The average molecular weight is 155 g/mol. The highest BCUT2D eigenvalue weighted by atomic mass is 16.2. The van der Waals surface area contributed by atoms with Crippen LogP contribution >= 0.6 is 0 Å². The molecule has 0 radical (unpaired) electrons. The monoisotopic (exact) mass is 155 g/mol. The Morgan fingerprint density at radius 1 is 1.64 bits per heavy atom. The van der Waals surface area contributed by atoms with Crippen LogP contribution in [0.4, 0.5) is 0 Å². The van der Waals surface area contributed by atoms with E-state index >= 15 is 0 Å². The normalized spacial score (nSPS) is 35.5. The van der Waals surface area contributed by atoms with Crippen LogP contribution in [-0.2, 0) is 4.79 Å². The number of hydrogen-bond donors (Lipinski definition) is 1. The van der Waals surface area contributed by atoms with Crippen LogP contribution in [0.25, 0.3) is 0 Å². The molecule has 1 aliphatic rings. The number of carbonyl (C=O) groups is 1. The lowest BCUT2D eigenvalue weighted by atomic mass is 9.92. The van der Waals surface area contributed by atoms with Gasteiger partial charge in [-0.05, 0) is 17.8 Å². The fraction of sp³-hybridized carbons (Fsp3) is 0.889. The second kappa shape index (κ2) is 2.50. The number of amides is 1. The topological polar surface area (TPSA) is 29.1 Å². The standard InChI is InChI=1S/C9H17NO/c1-6(2)9(3)5-7(9)8(11)10-4/h6-7H,5H2,1-4H3,(H,10,11). The van der Waals surface area contributed by atoms with E-state index in [0.717, 1.165) is 6.42 Å². The lowest BCUT2D eigenvalue weighted by Gasteiger charge is -2.14. The van der Waals surface area contributed by atoms with Crippen molar-refractivity contribution in [1.82, 2.24) is 5.32 Å². The van der Waals surface area contributed by atoms with Gasteiger partial charge in [-0.1, -0.05) is 20.8 Å². The molecule has 0 spiro atoms. The number of rotatable bonds is 2. The molecule has 64 valence electrons. The van der Waals surface area contributed by atoms with E-state index in [-0.39, 0.29) is 17.2 Å². The summed E-state index contributed by atoms with van der Waals surface area (Å²) in [7, 11) is 1.71. The van der Waals surface area contributed by atoms with Gasteiger partial charge in [-0.15, -0.1) is 0 Å². The van der Waals surface area contributed by atoms with Crippen LogP contribution in [0.2, 0.25) is 0 Å². The Morgan fingerprint density at radius 3 is 2.45 bits per heavy atom. The van der Waals surface area contributed by atoms with Gasteiger partial charge in [-0.25, -0.2) is 0 Å². The van der Waals surface area contributed by atoms with Gasteiger partial charge in [0.15, 0.2) is 0 Å². The van der Waals surface area contributed by atoms with Crippen LogP contribution in [0.1, 0.15) is 27.2 Å². The van der Waals surface area contributed by atoms with Gasteiger partial charge in [-0.3, -0.25) is 4.79 Å². The van der Waals surface area contributed by atoms with Crippen molar-refractivity contribution in [2.75, 3.05) is 7.05 Å². The Balaban J connectivity index is 2.53. The molecule has 0 bridgehead atoms. The van der Waals surface area contributed by atoms with Crippen LogP contribution in [0.15, 0.2) is 0 Å². The summed E-state index contributed by atoms with van der Waals surface area (Å²) < 4.78 is 0. The zero-order valence-electron chi connectivity index (χ0n) is 7.77. The number of nitrogens with one attached hydrogen (secondary N) is 1. The van der Waals surface area contributed by atoms with Crippen molar-refractivity contribution in [3.63, 3.8) is 0 Å². The van der Waals surface area contributed by atoms with Crippen LogP contribution in [0.5, 0.6) is 0 Å². The maximum Gasteiger partial charge on any atom is 0.223 e. The maximum absolute atomic E-state index is 11.2. The van der Waals surface area contributed by atoms with E-state index in [1.54, 1.807) is 7.05 Å². The molecule has 2 atom stereocenters. The van der Waals surface area contributed by atoms with Gasteiger partial charge >= 0.3 is 0 Å². The third-order valence-corrected chi connectivity index (χ3v) is 3.16. The van der Waals surface area contributed by atoms with Crippen LogP contribution < -0.4 is 5.32 Å². The SMILES string of the molecule is CNC(=O)C1CC1(C)C(C)C. The molecule has 0 heterocycles. The van der Waals surface area contributed by atoms with Crippen molar-refractivity contribution < 1.29 is 4.79 Å². The first-order valence-electron chi connectivity index (χ1n) is 4.24. The van der Waals surface area contributed by atoms with Gasteiger partial charge in [-0.2, -0.15) is 0 Å². The predicted octanol–water partition coefficient (Wildman–Crippen LogP) is 1.41. The third kappa shape index (κ3) is 1.26. The molecular weight excluding hydrogens is 138 g/mol. The highest BCUT2D eigenvalue weighted by molar-refractivity contribution is 5.82. The Labute approximate surface area is 68.4 Å². The Bertz CT molecular complexity index is 176. The summed E-state index contributed by atoms with van der Waals surface area (Å²) in [4.78, 5) is 11.2. The summed E-state index contributed by atoms with van der Waals surface area (Å²) in [5.74, 6) is 1.10. The van der Waals surface area contributed by atoms with Gasteiger partial charge in [0.1, 0.15) is 0 Å². The fourth-order valence-corrected chi connectivity index (χ4v) is 1.59. The van der Waals surface area contributed by atoms with Crippen molar-refractivity contribution in [1.29, 1.82) is 0 Å². The summed E-state index contributed by atoms with van der Waals surface area (Å²) in [5.41, 5.74) is 0.278. The second-order valence-corrected chi connectivity index (χ2v) is 4.03. The van der Waals surface area contributed by atoms with Crippen LogP contribution in [0, 0.1) is 17.3 Å². The van der Waals surface area contributed by atoms with E-state index in [4.69, 9.17) is 0 Å². The van der Waals surface area contributed by atoms with Crippen molar-refractivity contribution in [3.05, 3.63) is 0 Å². The Hall–Kier alpha value is -0.530. The summed E-state index contributed by atoms with van der Waals surface area (Å²) in [6, 6.07) is 0. The molecule has 1 fully saturated rings. The molecule has 0 aromatic rings. The first-order valence-corrected chi connectivity index (χ1v) is 4.24. The maximum atomic E-state index is 11.2. The minimum atomic E-state index is 0.209. The van der Waals surface area contributed by atoms with E-state index in [1.807, 2.05) is 0 Å². The van der Waals surface area contributed by atoms with E-state index in [9.17, 15) is 4.79 Å². The molecule has 2 nitrogen and oxygen atoms in total. The van der Waals surface area contributed by atoms with Gasteiger partial charge in [0.05, 0.1) is 0 Å². The van der Waals surface area contributed by atoms with E-state index in [2.05, 4.69) is 26.1 Å². The molecule has 0 aliphatic heterocycles. The molecule has 2 heteroatoms. The number of carbonyl (C=O) groups excluding carboxylic acids is 1. The first kappa shape index (κ1) is 8.57. The number of hydrogen-bond acceptors (Lipinski definition) is 1. The Morgan fingerprint density at radius 2 is 2.18 bits per heavy atom. The van der Waals surface area contributed by atoms with E-state index in [0.29, 0.717) is 5.92 Å². The molecule has 1 aliphatic carbocycles. The van der Waals surface area contributed by atoms with Crippen LogP contribution in [0.3, 0.4) is 0 Å². The summed E-state index contributed by atoms with van der Waals surface area (Å²) in [6.07, 6.45) is 1.06. The van der Waals surface area contributed by atoms with Crippen molar-refractivity contribution in [2.24, 2.45) is 17.3 Å². The molecular formula is C9H17NO. The average Bonchev–Trinajstić information content (AvgIpc) is 2.63. The lowest BCUT2D eigenvalue weighted by molar-refractivity contribution is -0.122. The van der Waals surface area contributed by atoms with Gasteiger partial charge < -0.3 is 5.32 Å². The van der Waals surface area contributed by atoms with Crippen LogP contribution in [-0.4, -0.2) is 13.0 Å². The third-order valence-electron chi connectivity index (χ3n) is 3.16. The Kier molecular flexibility index (Phi) is 1.95. The molecule has 11 heavy (non-hydrogen) atoms. The summed E-state index contributed by atoms with van der Waals surface area (Å²) in [6.45, 7) is 6.56. The molecule has 1 rings (SSSR count). The van der Waals surface area contributed by atoms with Gasteiger partial charge in [0.2, 0.25) is 5.91 Å². The minimum Gasteiger partial charge on any atom is -0.359 e. The molecule has 2 unspecified atom stereocenters. The highest BCUT2D eigenvalue weighted by Crippen LogP contribution is 2.57. The van der Waals surface area contributed by atoms with Crippen molar-refractivity contribution >= 4 is 5.91 Å². The lowest BCUT2D eigenvalue weighted by Crippen LogP contribution is -2.24. The minimum absolute atomic E-state index is 0.209. The predicted molar refractivity (Wildman–Crippen MR) is 45.1 cm³/mol. The smallest absolute Gasteiger partial charge is 0.223 e. The quantitative estimate of drug-likeness (QED) is 0.642. The molecule has 0 aromatic carbocycles. The molecule has 1 amide bonds. The van der Waals surface area contributed by atoms with Gasteiger partial charge in [0.25, 0.3) is 0 Å². The van der Waals surface area contributed by atoms with E-state index < -0.39 is 0 Å². The molecule has 0 saturated heterocycles. The molecule has 1 saturated carbocycles. The van der Waals surface area contributed by atoms with Crippen molar-refractivity contribution in [2.45, 2.75) is 27.2 Å². The van der Waals surface area contributed by atoms with E-state index in [1.165, 1.54) is 0 Å². The highest BCUT2D eigenvalue weighted by Gasteiger charge is 2.55. The molecule has 1 N–H and O–H groups in total. The fourth-order valence-electron chi connectivity index (χ4n) is 1.59. The second-order valence-electron chi connectivity index (χ2n) is 4.03.